The number of likely N-dealkylation sites (tertiary alicyclic amines) is 1. The maximum Gasteiger partial charge on any atom is 0.243 e. The lowest BCUT2D eigenvalue weighted by molar-refractivity contribution is -0.137. The molecule has 0 radical (unpaired) electrons. The standard InChI is InChI=1S/C20H26N2O4/c1-14(22-10-4-7-18(22)23)19(24)21-16-13-20(8-11-25-12-9-20)26-17-6-3-2-5-15(16)17/h2-3,5-6,14,16H,4,7-13H2,1H3,(H,21,24). The Balaban J connectivity index is 1.54. The van der Waals surface area contributed by atoms with Crippen LogP contribution in [0.1, 0.15) is 50.6 Å². The van der Waals surface area contributed by atoms with Crippen molar-refractivity contribution in [1.82, 2.24) is 10.2 Å². The summed E-state index contributed by atoms with van der Waals surface area (Å²) in [7, 11) is 0. The van der Waals surface area contributed by atoms with E-state index in [1.54, 1.807) is 4.90 Å². The van der Waals surface area contributed by atoms with Gasteiger partial charge in [0.15, 0.2) is 0 Å². The molecule has 0 aromatic heterocycles. The van der Waals surface area contributed by atoms with E-state index in [4.69, 9.17) is 9.47 Å². The average molecular weight is 358 g/mol. The topological polar surface area (TPSA) is 67.9 Å². The van der Waals surface area contributed by atoms with Gasteiger partial charge in [-0.1, -0.05) is 18.2 Å². The predicted octanol–water partition coefficient (Wildman–Crippen LogP) is 2.19. The molecule has 4 rings (SSSR count). The number of hydrogen-bond acceptors (Lipinski definition) is 4. The number of carbonyl (C=O) groups is 2. The number of ether oxygens (including phenoxy) is 2. The highest BCUT2D eigenvalue weighted by molar-refractivity contribution is 5.88. The number of carbonyl (C=O) groups excluding carboxylic acids is 2. The molecule has 140 valence electrons. The Morgan fingerprint density at radius 3 is 2.81 bits per heavy atom. The van der Waals surface area contributed by atoms with Crippen LogP contribution in [0, 0.1) is 0 Å². The van der Waals surface area contributed by atoms with Crippen LogP contribution in [0.4, 0.5) is 0 Å². The molecule has 6 nitrogen and oxygen atoms in total. The summed E-state index contributed by atoms with van der Waals surface area (Å²) >= 11 is 0. The molecular formula is C20H26N2O4. The van der Waals surface area contributed by atoms with Gasteiger partial charge in [-0.25, -0.2) is 0 Å². The molecule has 3 heterocycles. The molecule has 6 heteroatoms. The number of amides is 2. The van der Waals surface area contributed by atoms with Crippen molar-refractivity contribution in [3.8, 4) is 5.75 Å². The Hall–Kier alpha value is -2.08. The molecule has 1 aromatic carbocycles. The third kappa shape index (κ3) is 3.18. The maximum atomic E-state index is 12.9. The van der Waals surface area contributed by atoms with Gasteiger partial charge in [0.2, 0.25) is 11.8 Å². The van der Waals surface area contributed by atoms with Crippen LogP contribution in [-0.2, 0) is 14.3 Å². The fourth-order valence-corrected chi connectivity index (χ4v) is 4.31. The van der Waals surface area contributed by atoms with Crippen LogP contribution in [-0.4, -0.2) is 48.1 Å². The molecule has 2 atom stereocenters. The van der Waals surface area contributed by atoms with Gasteiger partial charge in [-0.2, -0.15) is 0 Å². The van der Waals surface area contributed by atoms with Gasteiger partial charge in [-0.15, -0.1) is 0 Å². The predicted molar refractivity (Wildman–Crippen MR) is 95.8 cm³/mol. The summed E-state index contributed by atoms with van der Waals surface area (Å²) in [5, 5.41) is 3.19. The Labute approximate surface area is 153 Å². The van der Waals surface area contributed by atoms with Gasteiger partial charge in [0.1, 0.15) is 17.4 Å². The summed E-state index contributed by atoms with van der Waals surface area (Å²) in [6.07, 6.45) is 3.77. The van der Waals surface area contributed by atoms with Crippen LogP contribution in [0.3, 0.4) is 0 Å². The van der Waals surface area contributed by atoms with E-state index < -0.39 is 6.04 Å². The number of benzene rings is 1. The lowest BCUT2D eigenvalue weighted by Crippen LogP contribution is -2.51. The zero-order valence-electron chi connectivity index (χ0n) is 15.2. The zero-order chi connectivity index (χ0) is 18.1. The minimum atomic E-state index is -0.439. The Kier molecular flexibility index (Phi) is 4.61. The Morgan fingerprint density at radius 1 is 1.31 bits per heavy atom. The normalized spacial score (nSPS) is 25.5. The average Bonchev–Trinajstić information content (AvgIpc) is 3.07. The number of fused-ring (bicyclic) bond motifs is 1. The van der Waals surface area contributed by atoms with Gasteiger partial charge in [0.05, 0.1) is 19.3 Å². The summed E-state index contributed by atoms with van der Waals surface area (Å²) in [5.74, 6) is 0.820. The molecular weight excluding hydrogens is 332 g/mol. The van der Waals surface area contributed by atoms with Crippen molar-refractivity contribution in [3.05, 3.63) is 29.8 Å². The number of hydrogen-bond donors (Lipinski definition) is 1. The van der Waals surface area contributed by atoms with E-state index in [0.29, 0.717) is 26.2 Å². The Morgan fingerprint density at radius 2 is 2.08 bits per heavy atom. The third-order valence-corrected chi connectivity index (χ3v) is 5.87. The smallest absolute Gasteiger partial charge is 0.243 e. The molecule has 0 aliphatic carbocycles. The van der Waals surface area contributed by atoms with E-state index in [2.05, 4.69) is 5.32 Å². The molecule has 0 saturated carbocycles. The zero-order valence-corrected chi connectivity index (χ0v) is 15.2. The quantitative estimate of drug-likeness (QED) is 0.899. The first kappa shape index (κ1) is 17.3. The number of nitrogens with zero attached hydrogens (tertiary/aromatic N) is 1. The highest BCUT2D eigenvalue weighted by Crippen LogP contribution is 2.43. The monoisotopic (exact) mass is 358 g/mol. The van der Waals surface area contributed by atoms with Crippen molar-refractivity contribution in [2.75, 3.05) is 19.8 Å². The lowest BCUT2D eigenvalue weighted by Gasteiger charge is -2.44. The van der Waals surface area contributed by atoms with Crippen LogP contribution < -0.4 is 10.1 Å². The minimum absolute atomic E-state index is 0.0703. The number of nitrogens with one attached hydrogen (secondary N) is 1. The van der Waals surface area contributed by atoms with Crippen molar-refractivity contribution in [3.63, 3.8) is 0 Å². The molecule has 1 spiro atoms. The van der Waals surface area contributed by atoms with Crippen molar-refractivity contribution < 1.29 is 19.1 Å². The van der Waals surface area contributed by atoms with Gasteiger partial charge in [-0.3, -0.25) is 9.59 Å². The van der Waals surface area contributed by atoms with Gasteiger partial charge in [0.25, 0.3) is 0 Å². The minimum Gasteiger partial charge on any atom is -0.487 e. The largest absolute Gasteiger partial charge is 0.487 e. The van der Waals surface area contributed by atoms with E-state index in [-0.39, 0.29) is 23.5 Å². The third-order valence-electron chi connectivity index (χ3n) is 5.87. The highest BCUT2D eigenvalue weighted by Gasteiger charge is 2.43. The van der Waals surface area contributed by atoms with Crippen molar-refractivity contribution in [2.45, 2.75) is 56.7 Å². The molecule has 2 saturated heterocycles. The second-order valence-corrected chi connectivity index (χ2v) is 7.57. The number of rotatable bonds is 3. The fraction of sp³-hybridized carbons (Fsp3) is 0.600. The molecule has 3 aliphatic rings. The van der Waals surface area contributed by atoms with Crippen molar-refractivity contribution in [2.24, 2.45) is 0 Å². The molecule has 2 unspecified atom stereocenters. The number of para-hydroxylation sites is 1. The molecule has 0 bridgehead atoms. The molecule has 3 aliphatic heterocycles. The van der Waals surface area contributed by atoms with Crippen LogP contribution in [0.25, 0.3) is 0 Å². The molecule has 1 N–H and O–H groups in total. The van der Waals surface area contributed by atoms with Gasteiger partial charge >= 0.3 is 0 Å². The van der Waals surface area contributed by atoms with Crippen LogP contribution in [0.15, 0.2) is 24.3 Å². The van der Waals surface area contributed by atoms with Crippen LogP contribution in [0.5, 0.6) is 5.75 Å². The molecule has 2 amide bonds. The second-order valence-electron chi connectivity index (χ2n) is 7.57. The van der Waals surface area contributed by atoms with Gasteiger partial charge in [0, 0.05) is 37.8 Å². The first-order valence-electron chi connectivity index (χ1n) is 9.54. The highest BCUT2D eigenvalue weighted by atomic mass is 16.5. The van der Waals surface area contributed by atoms with E-state index in [1.165, 1.54) is 0 Å². The van der Waals surface area contributed by atoms with Crippen molar-refractivity contribution >= 4 is 11.8 Å². The fourth-order valence-electron chi connectivity index (χ4n) is 4.31. The van der Waals surface area contributed by atoms with Crippen LogP contribution in [0.2, 0.25) is 0 Å². The second kappa shape index (κ2) is 6.91. The molecule has 2 fully saturated rings. The van der Waals surface area contributed by atoms with Gasteiger partial charge < -0.3 is 19.7 Å². The van der Waals surface area contributed by atoms with E-state index in [0.717, 1.165) is 37.0 Å². The summed E-state index contributed by atoms with van der Waals surface area (Å²) in [4.78, 5) is 26.5. The summed E-state index contributed by atoms with van der Waals surface area (Å²) in [6, 6.07) is 7.37. The summed E-state index contributed by atoms with van der Waals surface area (Å²) < 4.78 is 11.9. The summed E-state index contributed by atoms with van der Waals surface area (Å²) in [5.41, 5.74) is 0.731. The molecule has 1 aromatic rings. The first-order valence-corrected chi connectivity index (χ1v) is 9.54. The van der Waals surface area contributed by atoms with E-state index in [1.807, 2.05) is 31.2 Å². The van der Waals surface area contributed by atoms with E-state index >= 15 is 0 Å². The Bertz CT molecular complexity index is 699. The first-order chi connectivity index (χ1) is 12.6. The molecule has 26 heavy (non-hydrogen) atoms. The summed E-state index contributed by atoms with van der Waals surface area (Å²) in [6.45, 7) is 3.84. The van der Waals surface area contributed by atoms with Gasteiger partial charge in [-0.05, 0) is 19.4 Å². The maximum absolute atomic E-state index is 12.9. The van der Waals surface area contributed by atoms with E-state index in [9.17, 15) is 9.59 Å². The SMILES string of the molecule is CC(C(=O)NC1CC2(CCOCC2)Oc2ccccc21)N1CCCC1=O. The van der Waals surface area contributed by atoms with Crippen molar-refractivity contribution in [1.29, 1.82) is 0 Å². The van der Waals surface area contributed by atoms with Crippen LogP contribution >= 0.6 is 0 Å². The lowest BCUT2D eigenvalue weighted by atomic mass is 9.82.